The molecule has 0 spiro atoms. The average molecular weight is 318 g/mol. The minimum absolute atomic E-state index is 0.204. The summed E-state index contributed by atoms with van der Waals surface area (Å²) in [5, 5.41) is 22.2. The number of ketones is 1. The minimum atomic E-state index is -0.833. The van der Waals surface area contributed by atoms with Crippen molar-refractivity contribution >= 4 is 23.7 Å². The molecule has 1 rings (SSSR count). The number of carboxylic acids is 3. The van der Waals surface area contributed by atoms with E-state index >= 15 is 0 Å². The highest BCUT2D eigenvalue weighted by atomic mass is 16.4. The van der Waals surface area contributed by atoms with Crippen LogP contribution in [-0.2, 0) is 19.2 Å². The summed E-state index contributed by atoms with van der Waals surface area (Å²) in [7, 11) is 0. The van der Waals surface area contributed by atoms with Crippen LogP contribution in [0.2, 0.25) is 0 Å². The summed E-state index contributed by atoms with van der Waals surface area (Å²) in [5.41, 5.74) is 1.43. The van der Waals surface area contributed by atoms with Crippen LogP contribution in [0.15, 0.2) is 11.6 Å². The summed E-state index contributed by atoms with van der Waals surface area (Å²) in [6.07, 6.45) is 3.55. The fourth-order valence-corrected chi connectivity index (χ4v) is 1.67. The van der Waals surface area contributed by atoms with E-state index < -0.39 is 17.9 Å². The molecule has 0 fully saturated rings. The summed E-state index contributed by atoms with van der Waals surface area (Å²) >= 11 is 0. The summed E-state index contributed by atoms with van der Waals surface area (Å²) in [6.45, 7) is 9.56. The van der Waals surface area contributed by atoms with Crippen molar-refractivity contribution in [3.05, 3.63) is 11.6 Å². The van der Waals surface area contributed by atoms with Gasteiger partial charge in [0.25, 0.3) is 17.9 Å². The molecule has 0 amide bonds. The standard InChI is InChI=1S/C9H14O.3C2H4O2/c1-7-4-8(10)6-9(2,3)5-7;3*1-2(3)4/h4H,5-6H2,1-3H3;3*1H3,(H,3,4). The number of rotatable bonds is 0. The Hall–Kier alpha value is -2.18. The van der Waals surface area contributed by atoms with Crippen molar-refractivity contribution in [2.24, 2.45) is 5.41 Å². The normalized spacial score (nSPS) is 14.5. The topological polar surface area (TPSA) is 129 Å². The molecule has 22 heavy (non-hydrogen) atoms. The third-order valence-electron chi connectivity index (χ3n) is 1.82. The number of carbonyl (C=O) groups is 4. The summed E-state index contributed by atoms with van der Waals surface area (Å²) in [5.74, 6) is -2.21. The fourth-order valence-electron chi connectivity index (χ4n) is 1.67. The molecule has 3 N–H and O–H groups in total. The molecule has 0 aromatic carbocycles. The van der Waals surface area contributed by atoms with Crippen LogP contribution in [0.25, 0.3) is 0 Å². The SMILES string of the molecule is CC(=O)O.CC(=O)O.CC(=O)O.CC1=CC(=O)CC(C)(C)C1. The lowest BCUT2D eigenvalue weighted by molar-refractivity contribution is -0.135. The monoisotopic (exact) mass is 318 g/mol. The number of allylic oxidation sites excluding steroid dienone is 2. The maximum Gasteiger partial charge on any atom is 0.300 e. The molecule has 0 heterocycles. The number of hydrogen-bond donors (Lipinski definition) is 3. The molecular weight excluding hydrogens is 292 g/mol. The zero-order valence-corrected chi connectivity index (χ0v) is 14.0. The molecular formula is C15H26O7. The van der Waals surface area contributed by atoms with Crippen molar-refractivity contribution in [3.63, 3.8) is 0 Å². The molecule has 0 atom stereocenters. The molecule has 0 saturated heterocycles. The van der Waals surface area contributed by atoms with E-state index in [1.807, 2.05) is 6.92 Å². The molecule has 0 radical (unpaired) electrons. The maximum absolute atomic E-state index is 11.0. The van der Waals surface area contributed by atoms with Crippen molar-refractivity contribution < 1.29 is 34.5 Å². The van der Waals surface area contributed by atoms with Crippen molar-refractivity contribution in [1.29, 1.82) is 0 Å². The molecule has 0 aromatic heterocycles. The van der Waals surface area contributed by atoms with E-state index in [4.69, 9.17) is 29.7 Å². The van der Waals surface area contributed by atoms with Crippen molar-refractivity contribution in [3.8, 4) is 0 Å². The number of carboxylic acid groups (broad SMARTS) is 3. The van der Waals surface area contributed by atoms with Gasteiger partial charge in [0.15, 0.2) is 5.78 Å². The summed E-state index contributed by atoms with van der Waals surface area (Å²) < 4.78 is 0. The van der Waals surface area contributed by atoms with E-state index in [9.17, 15) is 4.79 Å². The number of aliphatic carboxylic acids is 3. The van der Waals surface area contributed by atoms with Gasteiger partial charge in [0.1, 0.15) is 0 Å². The molecule has 0 unspecified atom stereocenters. The summed E-state index contributed by atoms with van der Waals surface area (Å²) in [6, 6.07) is 0. The third kappa shape index (κ3) is 36.1. The van der Waals surface area contributed by atoms with Gasteiger partial charge in [0.05, 0.1) is 0 Å². The largest absolute Gasteiger partial charge is 0.481 e. The van der Waals surface area contributed by atoms with Crippen LogP contribution in [-0.4, -0.2) is 39.0 Å². The highest BCUT2D eigenvalue weighted by molar-refractivity contribution is 5.91. The molecule has 1 aliphatic rings. The van der Waals surface area contributed by atoms with Gasteiger partial charge in [-0.2, -0.15) is 0 Å². The Labute approximate surface area is 130 Å². The minimum Gasteiger partial charge on any atom is -0.481 e. The predicted molar refractivity (Wildman–Crippen MR) is 81.7 cm³/mol. The van der Waals surface area contributed by atoms with Gasteiger partial charge in [-0.05, 0) is 24.8 Å². The second kappa shape index (κ2) is 12.6. The quantitative estimate of drug-likeness (QED) is 0.626. The first-order valence-electron chi connectivity index (χ1n) is 6.48. The lowest BCUT2D eigenvalue weighted by Crippen LogP contribution is -2.20. The Morgan fingerprint density at radius 2 is 1.18 bits per heavy atom. The molecule has 7 heteroatoms. The van der Waals surface area contributed by atoms with Gasteiger partial charge < -0.3 is 15.3 Å². The van der Waals surface area contributed by atoms with Crippen LogP contribution < -0.4 is 0 Å². The van der Waals surface area contributed by atoms with Crippen molar-refractivity contribution in [1.82, 2.24) is 0 Å². The molecule has 0 saturated carbocycles. The highest BCUT2D eigenvalue weighted by Crippen LogP contribution is 2.32. The second-order valence-corrected chi connectivity index (χ2v) is 5.53. The van der Waals surface area contributed by atoms with E-state index in [-0.39, 0.29) is 11.2 Å². The molecule has 0 bridgehead atoms. The smallest absolute Gasteiger partial charge is 0.300 e. The molecule has 0 aliphatic heterocycles. The van der Waals surface area contributed by atoms with Gasteiger partial charge >= 0.3 is 0 Å². The van der Waals surface area contributed by atoms with Crippen LogP contribution in [0.1, 0.15) is 54.4 Å². The van der Waals surface area contributed by atoms with Gasteiger partial charge in [0.2, 0.25) is 0 Å². The van der Waals surface area contributed by atoms with E-state index in [2.05, 4.69) is 13.8 Å². The Morgan fingerprint density at radius 3 is 1.36 bits per heavy atom. The van der Waals surface area contributed by atoms with Crippen LogP contribution in [0.4, 0.5) is 0 Å². The number of hydrogen-bond acceptors (Lipinski definition) is 4. The first kappa shape index (κ1) is 24.8. The maximum atomic E-state index is 11.0. The average Bonchev–Trinajstić information content (AvgIpc) is 2.08. The lowest BCUT2D eigenvalue weighted by atomic mass is 9.77. The predicted octanol–water partition coefficient (Wildman–Crippen LogP) is 2.59. The van der Waals surface area contributed by atoms with Crippen LogP contribution in [0.3, 0.4) is 0 Å². The first-order chi connectivity index (χ1) is 9.69. The molecule has 1 aliphatic carbocycles. The van der Waals surface area contributed by atoms with E-state index in [1.165, 1.54) is 5.57 Å². The van der Waals surface area contributed by atoms with Crippen molar-refractivity contribution in [2.75, 3.05) is 0 Å². The van der Waals surface area contributed by atoms with Crippen LogP contribution in [0, 0.1) is 5.41 Å². The zero-order chi connectivity index (χ0) is 18.5. The van der Waals surface area contributed by atoms with Gasteiger partial charge in [0, 0.05) is 27.2 Å². The number of carbonyl (C=O) groups excluding carboxylic acids is 1. The Morgan fingerprint density at radius 1 is 0.909 bits per heavy atom. The Bertz CT molecular complexity index is 379. The van der Waals surface area contributed by atoms with Crippen molar-refractivity contribution in [2.45, 2.75) is 54.4 Å². The van der Waals surface area contributed by atoms with Gasteiger partial charge in [-0.1, -0.05) is 19.4 Å². The highest BCUT2D eigenvalue weighted by Gasteiger charge is 2.25. The Balaban J connectivity index is -0.000000253. The van der Waals surface area contributed by atoms with E-state index in [0.717, 1.165) is 27.2 Å². The third-order valence-corrected chi connectivity index (χ3v) is 1.82. The first-order valence-corrected chi connectivity index (χ1v) is 6.48. The second-order valence-electron chi connectivity index (χ2n) is 5.53. The zero-order valence-electron chi connectivity index (χ0n) is 14.0. The van der Waals surface area contributed by atoms with E-state index in [0.29, 0.717) is 6.42 Å². The van der Waals surface area contributed by atoms with Crippen LogP contribution in [0.5, 0.6) is 0 Å². The van der Waals surface area contributed by atoms with Crippen LogP contribution >= 0.6 is 0 Å². The molecule has 0 aromatic rings. The van der Waals surface area contributed by atoms with Gasteiger partial charge in [-0.15, -0.1) is 0 Å². The molecule has 128 valence electrons. The van der Waals surface area contributed by atoms with E-state index in [1.54, 1.807) is 6.08 Å². The Kier molecular flexibility index (Phi) is 14.2. The van der Waals surface area contributed by atoms with Gasteiger partial charge in [-0.3, -0.25) is 19.2 Å². The summed E-state index contributed by atoms with van der Waals surface area (Å²) in [4.78, 5) is 38.0. The lowest BCUT2D eigenvalue weighted by Gasteiger charge is -2.27. The van der Waals surface area contributed by atoms with Gasteiger partial charge in [-0.25, -0.2) is 0 Å². The fraction of sp³-hybridized carbons (Fsp3) is 0.600. The molecule has 7 nitrogen and oxygen atoms in total.